The lowest BCUT2D eigenvalue weighted by molar-refractivity contribution is -0.113. The van der Waals surface area contributed by atoms with E-state index in [1.54, 1.807) is 42.7 Å². The van der Waals surface area contributed by atoms with Crippen molar-refractivity contribution in [1.29, 1.82) is 0 Å². The lowest BCUT2D eigenvalue weighted by atomic mass is 10.1. The molecular weight excluding hydrogens is 312 g/mol. The van der Waals surface area contributed by atoms with E-state index in [1.807, 2.05) is 0 Å². The van der Waals surface area contributed by atoms with Crippen LogP contribution in [0.2, 0.25) is 0 Å². The molecule has 1 aromatic carbocycles. The zero-order valence-electron chi connectivity index (χ0n) is 12.4. The predicted octanol–water partition coefficient (Wildman–Crippen LogP) is 2.10. The molecule has 0 atom stereocenters. The molecule has 0 radical (unpaired) electrons. The number of nitrogens with one attached hydrogen (secondary N) is 2. The highest BCUT2D eigenvalue weighted by molar-refractivity contribution is 7.99. The summed E-state index contributed by atoms with van der Waals surface area (Å²) in [5, 5.41) is 6.25. The number of carbonyl (C=O) groups is 2. The number of rotatable bonds is 6. The van der Waals surface area contributed by atoms with Gasteiger partial charge in [0.1, 0.15) is 0 Å². The average Bonchev–Trinajstić information content (AvgIpc) is 3.38. The SMILES string of the molecule is O=C(CSc1ncccn1)Nc1ccccc1C(=O)NC1CC1. The maximum atomic E-state index is 12.2. The Kier molecular flexibility index (Phi) is 4.87. The third-order valence-corrected chi connectivity index (χ3v) is 4.11. The second-order valence-corrected chi connectivity index (χ2v) is 6.10. The van der Waals surface area contributed by atoms with Crippen LogP contribution in [-0.2, 0) is 4.79 Å². The summed E-state index contributed by atoms with van der Waals surface area (Å²) in [6, 6.07) is 9.00. The highest BCUT2D eigenvalue weighted by atomic mass is 32.2. The third-order valence-electron chi connectivity index (χ3n) is 3.23. The summed E-state index contributed by atoms with van der Waals surface area (Å²) in [7, 11) is 0. The number of nitrogens with zero attached hydrogens (tertiary/aromatic N) is 2. The minimum Gasteiger partial charge on any atom is -0.349 e. The molecule has 1 aliphatic rings. The number of thioether (sulfide) groups is 1. The van der Waals surface area contributed by atoms with E-state index in [4.69, 9.17) is 0 Å². The van der Waals surface area contributed by atoms with E-state index in [0.29, 0.717) is 16.4 Å². The number of benzene rings is 1. The second-order valence-electron chi connectivity index (χ2n) is 5.16. The van der Waals surface area contributed by atoms with Gasteiger partial charge in [-0.2, -0.15) is 0 Å². The fraction of sp³-hybridized carbons (Fsp3) is 0.250. The quantitative estimate of drug-likeness (QED) is 0.627. The molecule has 0 unspecified atom stereocenters. The fourth-order valence-electron chi connectivity index (χ4n) is 1.96. The summed E-state index contributed by atoms with van der Waals surface area (Å²) in [6.07, 6.45) is 5.30. The number of carbonyl (C=O) groups excluding carboxylic acids is 2. The van der Waals surface area contributed by atoms with Gasteiger partial charge < -0.3 is 10.6 Å². The van der Waals surface area contributed by atoms with Crippen molar-refractivity contribution in [1.82, 2.24) is 15.3 Å². The monoisotopic (exact) mass is 328 g/mol. The topological polar surface area (TPSA) is 84.0 Å². The normalized spacial score (nSPS) is 13.4. The van der Waals surface area contributed by atoms with Crippen LogP contribution in [0.3, 0.4) is 0 Å². The van der Waals surface area contributed by atoms with E-state index in [2.05, 4.69) is 20.6 Å². The predicted molar refractivity (Wildman–Crippen MR) is 88.3 cm³/mol. The number of hydrogen-bond acceptors (Lipinski definition) is 5. The molecule has 1 aromatic heterocycles. The van der Waals surface area contributed by atoms with Crippen molar-refractivity contribution in [3.8, 4) is 0 Å². The summed E-state index contributed by atoms with van der Waals surface area (Å²) in [5.41, 5.74) is 0.999. The largest absolute Gasteiger partial charge is 0.349 e. The molecule has 1 heterocycles. The molecule has 0 bridgehead atoms. The first kappa shape index (κ1) is 15.5. The van der Waals surface area contributed by atoms with E-state index in [1.165, 1.54) is 11.8 Å². The Morgan fingerprint density at radius 2 is 1.87 bits per heavy atom. The van der Waals surface area contributed by atoms with Gasteiger partial charge in [0.05, 0.1) is 17.0 Å². The molecule has 2 amide bonds. The molecule has 0 aliphatic heterocycles. The van der Waals surface area contributed by atoms with Gasteiger partial charge in [0.25, 0.3) is 5.91 Å². The van der Waals surface area contributed by atoms with Gasteiger partial charge >= 0.3 is 0 Å². The van der Waals surface area contributed by atoms with Crippen LogP contribution in [0.5, 0.6) is 0 Å². The first-order valence-corrected chi connectivity index (χ1v) is 8.30. The number of anilines is 1. The molecule has 1 saturated carbocycles. The summed E-state index contributed by atoms with van der Waals surface area (Å²) in [5.74, 6) is -0.167. The highest BCUT2D eigenvalue weighted by Crippen LogP contribution is 2.22. The van der Waals surface area contributed by atoms with Crippen LogP contribution < -0.4 is 10.6 Å². The van der Waals surface area contributed by atoms with Gasteiger partial charge in [-0.25, -0.2) is 9.97 Å². The molecule has 7 heteroatoms. The minimum absolute atomic E-state index is 0.151. The zero-order valence-corrected chi connectivity index (χ0v) is 13.2. The van der Waals surface area contributed by atoms with Gasteiger partial charge in [0.15, 0.2) is 5.16 Å². The number of amides is 2. The Morgan fingerprint density at radius 1 is 1.13 bits per heavy atom. The Hall–Kier alpha value is -2.41. The number of hydrogen-bond donors (Lipinski definition) is 2. The van der Waals surface area contributed by atoms with Gasteiger partial charge in [0.2, 0.25) is 5.91 Å². The molecule has 1 fully saturated rings. The Labute approximate surface area is 138 Å². The first-order valence-electron chi connectivity index (χ1n) is 7.32. The van der Waals surface area contributed by atoms with Crippen molar-refractivity contribution < 1.29 is 9.59 Å². The summed E-state index contributed by atoms with van der Waals surface area (Å²) < 4.78 is 0. The van der Waals surface area contributed by atoms with E-state index >= 15 is 0 Å². The van der Waals surface area contributed by atoms with Crippen LogP contribution in [0, 0.1) is 0 Å². The maximum absolute atomic E-state index is 12.2. The maximum Gasteiger partial charge on any atom is 0.253 e. The standard InChI is InChI=1S/C16H16N4O2S/c21-14(10-23-16-17-8-3-9-18-16)20-13-5-2-1-4-12(13)15(22)19-11-6-7-11/h1-5,8-9,11H,6-7,10H2,(H,19,22)(H,20,21). The van der Waals surface area contributed by atoms with Crippen molar-refractivity contribution in [3.63, 3.8) is 0 Å². The molecule has 6 nitrogen and oxygen atoms in total. The molecule has 0 spiro atoms. The second kappa shape index (κ2) is 7.23. The van der Waals surface area contributed by atoms with Crippen molar-refractivity contribution in [2.75, 3.05) is 11.1 Å². The molecular formula is C16H16N4O2S. The molecule has 2 aromatic rings. The average molecular weight is 328 g/mol. The lowest BCUT2D eigenvalue weighted by Gasteiger charge is -2.10. The smallest absolute Gasteiger partial charge is 0.253 e. The molecule has 2 N–H and O–H groups in total. The van der Waals surface area contributed by atoms with Crippen LogP contribution in [0.25, 0.3) is 0 Å². The number of aromatic nitrogens is 2. The van der Waals surface area contributed by atoms with Gasteiger partial charge in [-0.05, 0) is 31.0 Å². The van der Waals surface area contributed by atoms with Crippen molar-refractivity contribution in [3.05, 3.63) is 48.3 Å². The van der Waals surface area contributed by atoms with Gasteiger partial charge in [-0.3, -0.25) is 9.59 Å². The van der Waals surface area contributed by atoms with Crippen LogP contribution in [0.4, 0.5) is 5.69 Å². The van der Waals surface area contributed by atoms with E-state index in [0.717, 1.165) is 12.8 Å². The Morgan fingerprint density at radius 3 is 2.61 bits per heavy atom. The van der Waals surface area contributed by atoms with Gasteiger partial charge in [-0.15, -0.1) is 0 Å². The summed E-state index contributed by atoms with van der Waals surface area (Å²) in [6.45, 7) is 0. The van der Waals surface area contributed by atoms with E-state index in [-0.39, 0.29) is 23.6 Å². The zero-order chi connectivity index (χ0) is 16.1. The molecule has 0 saturated heterocycles. The van der Waals surface area contributed by atoms with Crippen molar-refractivity contribution in [2.45, 2.75) is 24.0 Å². The van der Waals surface area contributed by atoms with Crippen LogP contribution >= 0.6 is 11.8 Å². The number of para-hydroxylation sites is 1. The molecule has 23 heavy (non-hydrogen) atoms. The van der Waals surface area contributed by atoms with E-state index < -0.39 is 0 Å². The van der Waals surface area contributed by atoms with Crippen LogP contribution in [0.1, 0.15) is 23.2 Å². The minimum atomic E-state index is -0.200. The van der Waals surface area contributed by atoms with Crippen LogP contribution in [0.15, 0.2) is 47.9 Å². The van der Waals surface area contributed by atoms with Crippen molar-refractivity contribution >= 4 is 29.3 Å². The van der Waals surface area contributed by atoms with Gasteiger partial charge in [0, 0.05) is 18.4 Å². The molecule has 3 rings (SSSR count). The summed E-state index contributed by atoms with van der Waals surface area (Å²) >= 11 is 1.25. The van der Waals surface area contributed by atoms with E-state index in [9.17, 15) is 9.59 Å². The Balaban J connectivity index is 1.60. The van der Waals surface area contributed by atoms with Gasteiger partial charge in [-0.1, -0.05) is 23.9 Å². The summed E-state index contributed by atoms with van der Waals surface area (Å²) in [4.78, 5) is 32.4. The first-order chi connectivity index (χ1) is 11.2. The highest BCUT2D eigenvalue weighted by Gasteiger charge is 2.24. The molecule has 118 valence electrons. The van der Waals surface area contributed by atoms with Crippen molar-refractivity contribution in [2.24, 2.45) is 0 Å². The fourth-order valence-corrected chi connectivity index (χ4v) is 2.56. The lowest BCUT2D eigenvalue weighted by Crippen LogP contribution is -2.27. The third kappa shape index (κ3) is 4.53. The Bertz CT molecular complexity index is 704. The molecule has 1 aliphatic carbocycles. The van der Waals surface area contributed by atoms with Crippen LogP contribution in [-0.4, -0.2) is 33.6 Å².